The molecule has 0 amide bonds. The van der Waals surface area contributed by atoms with E-state index in [0.717, 1.165) is 41.9 Å². The maximum Gasteiger partial charge on any atom is 0.312 e. The first-order chi connectivity index (χ1) is 21.7. The van der Waals surface area contributed by atoms with Gasteiger partial charge in [0.1, 0.15) is 19.0 Å². The van der Waals surface area contributed by atoms with E-state index in [9.17, 15) is 24.6 Å². The van der Waals surface area contributed by atoms with Crippen LogP contribution < -0.4 is 0 Å². The van der Waals surface area contributed by atoms with Crippen molar-refractivity contribution in [3.8, 4) is 0 Å². The van der Waals surface area contributed by atoms with E-state index in [1.54, 1.807) is 24.9 Å². The molecule has 248 valence electrons. The highest BCUT2D eigenvalue weighted by Crippen LogP contribution is 2.60. The Morgan fingerprint density at radius 1 is 1.04 bits per heavy atom. The maximum atomic E-state index is 12.9. The molecule has 0 saturated heterocycles. The number of aliphatic hydroxyl groups excluding tert-OH is 2. The lowest BCUT2D eigenvalue weighted by molar-refractivity contribution is -0.174. The molecule has 1 aromatic rings. The van der Waals surface area contributed by atoms with Crippen LogP contribution in [0.2, 0.25) is 0 Å². The number of carbonyl (C=O) groups excluding carboxylic acids is 3. The Balaban J connectivity index is 0.935. The SMILES string of the molecule is COCc1cccc(CC(O)C=CC2C(O)CC(=O)C2CCSCCCC(=O)OCCOC(=O)C23CC4CC(CC(C4)C2)C3)c1. The van der Waals surface area contributed by atoms with Crippen LogP contribution in [0.5, 0.6) is 0 Å². The number of aliphatic hydroxyl groups is 2. The van der Waals surface area contributed by atoms with Gasteiger partial charge in [-0.15, -0.1) is 0 Å². The van der Waals surface area contributed by atoms with E-state index in [0.29, 0.717) is 50.0 Å². The highest BCUT2D eigenvalue weighted by atomic mass is 32.2. The molecule has 9 heteroatoms. The number of thioether (sulfide) groups is 1. The van der Waals surface area contributed by atoms with Crippen LogP contribution in [0.25, 0.3) is 0 Å². The Bertz CT molecular complexity index is 1160. The molecule has 2 N–H and O–H groups in total. The lowest BCUT2D eigenvalue weighted by Crippen LogP contribution is -2.50. The number of hydrogen-bond donors (Lipinski definition) is 2. The third-order valence-electron chi connectivity index (χ3n) is 10.3. The minimum atomic E-state index is -0.734. The molecule has 4 bridgehead atoms. The van der Waals surface area contributed by atoms with Crippen LogP contribution >= 0.6 is 11.8 Å². The molecule has 0 radical (unpaired) electrons. The Labute approximate surface area is 271 Å². The van der Waals surface area contributed by atoms with Gasteiger partial charge in [-0.3, -0.25) is 14.4 Å². The van der Waals surface area contributed by atoms with E-state index >= 15 is 0 Å². The molecule has 5 fully saturated rings. The lowest BCUT2D eigenvalue weighted by Gasteiger charge is -2.55. The number of esters is 2. The molecule has 5 saturated carbocycles. The van der Waals surface area contributed by atoms with E-state index in [1.807, 2.05) is 30.3 Å². The van der Waals surface area contributed by atoms with Crippen molar-refractivity contribution in [1.29, 1.82) is 0 Å². The second-order valence-corrected chi connectivity index (χ2v) is 15.1. The van der Waals surface area contributed by atoms with Crippen LogP contribution in [0.1, 0.15) is 75.3 Å². The highest BCUT2D eigenvalue weighted by Gasteiger charge is 2.55. The topological polar surface area (TPSA) is 119 Å². The van der Waals surface area contributed by atoms with Crippen molar-refractivity contribution in [3.63, 3.8) is 0 Å². The molecule has 0 heterocycles. The number of methoxy groups -OCH3 is 1. The zero-order chi connectivity index (χ0) is 31.8. The standard InChI is InChI=1S/C36H50O8S/c1-42-23-25-5-2-4-24(14-25)18-29(37)7-8-30-31(33(39)19-32(30)38)9-13-45-12-3-6-34(40)43-10-11-44-35(41)36-20-26-15-27(21-36)17-28(16-26)22-36/h2,4-5,7-8,14,26-32,37-38H,3,6,9-13,15-23H2,1H3. The molecule has 4 atom stereocenters. The Morgan fingerprint density at radius 3 is 2.44 bits per heavy atom. The molecule has 5 aliphatic carbocycles. The van der Waals surface area contributed by atoms with E-state index in [-0.39, 0.29) is 54.6 Å². The first-order valence-electron chi connectivity index (χ1n) is 16.8. The fourth-order valence-corrected chi connectivity index (χ4v) is 9.65. The van der Waals surface area contributed by atoms with Gasteiger partial charge in [-0.25, -0.2) is 0 Å². The summed E-state index contributed by atoms with van der Waals surface area (Å²) in [5.41, 5.74) is 1.76. The second-order valence-electron chi connectivity index (χ2n) is 13.9. The number of Topliss-reactive ketones (excluding diaryl/α,β-unsaturated/α-hetero) is 1. The lowest BCUT2D eigenvalue weighted by atomic mass is 9.49. The van der Waals surface area contributed by atoms with Gasteiger partial charge in [0, 0.05) is 38.2 Å². The van der Waals surface area contributed by atoms with Crippen LogP contribution in [-0.2, 0) is 41.6 Å². The highest BCUT2D eigenvalue weighted by molar-refractivity contribution is 7.99. The van der Waals surface area contributed by atoms with Crippen LogP contribution in [0.4, 0.5) is 0 Å². The van der Waals surface area contributed by atoms with Crippen molar-refractivity contribution >= 4 is 29.5 Å². The van der Waals surface area contributed by atoms with Gasteiger partial charge in [-0.2, -0.15) is 11.8 Å². The van der Waals surface area contributed by atoms with Crippen LogP contribution in [-0.4, -0.2) is 72.0 Å². The second kappa shape index (κ2) is 16.1. The summed E-state index contributed by atoms with van der Waals surface area (Å²) in [4.78, 5) is 37.7. The summed E-state index contributed by atoms with van der Waals surface area (Å²) >= 11 is 1.68. The van der Waals surface area contributed by atoms with E-state index < -0.39 is 12.2 Å². The number of ketones is 1. The molecular weight excluding hydrogens is 592 g/mol. The van der Waals surface area contributed by atoms with Crippen molar-refractivity contribution in [2.24, 2.45) is 35.0 Å². The fourth-order valence-electron chi connectivity index (χ4n) is 8.68. The van der Waals surface area contributed by atoms with Crippen molar-refractivity contribution < 1.29 is 38.8 Å². The zero-order valence-electron chi connectivity index (χ0n) is 26.6. The summed E-state index contributed by atoms with van der Waals surface area (Å²) in [6.45, 7) is 0.733. The van der Waals surface area contributed by atoms with Gasteiger partial charge < -0.3 is 24.4 Å². The molecular formula is C36H50O8S. The predicted octanol–water partition coefficient (Wildman–Crippen LogP) is 5.07. The number of benzene rings is 1. The van der Waals surface area contributed by atoms with E-state index in [2.05, 4.69) is 0 Å². The molecule has 4 unspecified atom stereocenters. The van der Waals surface area contributed by atoms with Crippen LogP contribution in [0.15, 0.2) is 36.4 Å². The number of hydrogen-bond acceptors (Lipinski definition) is 9. The van der Waals surface area contributed by atoms with Gasteiger partial charge >= 0.3 is 11.9 Å². The van der Waals surface area contributed by atoms with Gasteiger partial charge in [0.25, 0.3) is 0 Å². The molecule has 5 aliphatic rings. The molecule has 45 heavy (non-hydrogen) atoms. The van der Waals surface area contributed by atoms with Crippen molar-refractivity contribution in [2.75, 3.05) is 31.8 Å². The van der Waals surface area contributed by atoms with Gasteiger partial charge in [-0.1, -0.05) is 36.4 Å². The molecule has 1 aromatic carbocycles. The van der Waals surface area contributed by atoms with Crippen molar-refractivity contribution in [2.45, 2.75) is 89.4 Å². The Hall–Kier alpha value is -2.20. The monoisotopic (exact) mass is 642 g/mol. The summed E-state index contributed by atoms with van der Waals surface area (Å²) in [7, 11) is 1.65. The fraction of sp³-hybridized carbons (Fsp3) is 0.694. The van der Waals surface area contributed by atoms with Gasteiger partial charge in [0.15, 0.2) is 0 Å². The van der Waals surface area contributed by atoms with Gasteiger partial charge in [-0.05, 0) is 91.8 Å². The molecule has 0 aromatic heterocycles. The quantitative estimate of drug-likeness (QED) is 0.136. The minimum Gasteiger partial charge on any atom is -0.462 e. The average Bonchev–Trinajstić information content (AvgIpc) is 3.26. The van der Waals surface area contributed by atoms with E-state index in [4.69, 9.17) is 14.2 Å². The Kier molecular flexibility index (Phi) is 12.2. The van der Waals surface area contributed by atoms with Gasteiger partial charge in [0.2, 0.25) is 0 Å². The van der Waals surface area contributed by atoms with Crippen molar-refractivity contribution in [3.05, 3.63) is 47.5 Å². The summed E-state index contributed by atoms with van der Waals surface area (Å²) in [6.07, 6.45) is 11.0. The first-order valence-corrected chi connectivity index (χ1v) is 17.9. The van der Waals surface area contributed by atoms with Crippen molar-refractivity contribution in [1.82, 2.24) is 0 Å². The molecule has 0 spiro atoms. The molecule has 6 rings (SSSR count). The van der Waals surface area contributed by atoms with Crippen LogP contribution in [0, 0.1) is 35.0 Å². The Morgan fingerprint density at radius 2 is 1.73 bits per heavy atom. The minimum absolute atomic E-state index is 0.0620. The maximum absolute atomic E-state index is 12.9. The smallest absolute Gasteiger partial charge is 0.312 e. The largest absolute Gasteiger partial charge is 0.462 e. The third kappa shape index (κ3) is 9.21. The number of carbonyl (C=O) groups is 3. The average molecular weight is 643 g/mol. The summed E-state index contributed by atoms with van der Waals surface area (Å²) in [5, 5.41) is 21.1. The predicted molar refractivity (Wildman–Crippen MR) is 172 cm³/mol. The van der Waals surface area contributed by atoms with Gasteiger partial charge in [0.05, 0.1) is 24.2 Å². The number of rotatable bonds is 17. The normalized spacial score (nSPS) is 31.0. The summed E-state index contributed by atoms with van der Waals surface area (Å²) in [6, 6.07) is 7.89. The molecule has 0 aliphatic heterocycles. The first kappa shape index (κ1) is 34.1. The molecule has 8 nitrogen and oxygen atoms in total. The van der Waals surface area contributed by atoms with Crippen LogP contribution in [0.3, 0.4) is 0 Å². The number of ether oxygens (including phenoxy) is 3. The summed E-state index contributed by atoms with van der Waals surface area (Å²) < 4.78 is 16.1. The zero-order valence-corrected chi connectivity index (χ0v) is 27.4. The third-order valence-corrected chi connectivity index (χ3v) is 11.4. The van der Waals surface area contributed by atoms with E-state index in [1.165, 1.54) is 19.3 Å². The summed E-state index contributed by atoms with van der Waals surface area (Å²) in [5.74, 6) is 2.68.